The molecule has 2 aliphatic rings. The van der Waals surface area contributed by atoms with Gasteiger partial charge in [0.2, 0.25) is 0 Å². The molecule has 1 amide bonds. The molecule has 0 saturated carbocycles. The van der Waals surface area contributed by atoms with E-state index in [1.807, 2.05) is 16.7 Å². The molecule has 0 unspecified atom stereocenters. The third-order valence-electron chi connectivity index (χ3n) is 3.76. The van der Waals surface area contributed by atoms with Crippen molar-refractivity contribution in [1.82, 2.24) is 15.1 Å². The molecule has 2 fully saturated rings. The van der Waals surface area contributed by atoms with Gasteiger partial charge in [0, 0.05) is 31.1 Å². The van der Waals surface area contributed by atoms with Crippen molar-refractivity contribution < 1.29 is 9.53 Å². The Morgan fingerprint density at radius 3 is 3.16 bits per heavy atom. The van der Waals surface area contributed by atoms with Gasteiger partial charge in [0.15, 0.2) is 0 Å². The molecule has 0 aliphatic carbocycles. The Morgan fingerprint density at radius 2 is 2.53 bits per heavy atom. The summed E-state index contributed by atoms with van der Waals surface area (Å²) in [6, 6.07) is 2.08. The van der Waals surface area contributed by atoms with E-state index in [1.165, 1.54) is 0 Å². The number of aromatic amines is 1. The first-order valence-electron chi connectivity index (χ1n) is 6.84. The van der Waals surface area contributed by atoms with Crippen LogP contribution in [0.4, 0.5) is 0 Å². The minimum absolute atomic E-state index is 0.0560. The monoisotopic (exact) mass is 281 g/mol. The van der Waals surface area contributed by atoms with Gasteiger partial charge in [0.05, 0.1) is 6.10 Å². The summed E-state index contributed by atoms with van der Waals surface area (Å²) in [4.78, 5) is 14.6. The number of rotatable bonds is 4. The zero-order valence-electron chi connectivity index (χ0n) is 10.9. The molecule has 0 bridgehead atoms. The number of H-pyrrole nitrogens is 1. The number of carbonyl (C=O) groups excluding carboxylic acids is 1. The molecule has 5 nitrogen and oxygen atoms in total. The molecule has 6 heteroatoms. The average Bonchev–Trinajstić information content (AvgIpc) is 3.15. The molecule has 1 aromatic rings. The van der Waals surface area contributed by atoms with Crippen LogP contribution in [0.5, 0.6) is 0 Å². The van der Waals surface area contributed by atoms with Crippen molar-refractivity contribution in [2.75, 3.05) is 24.7 Å². The smallest absolute Gasteiger partial charge is 0.272 e. The first-order chi connectivity index (χ1) is 9.34. The number of ether oxygens (including phenoxy) is 1. The highest BCUT2D eigenvalue weighted by molar-refractivity contribution is 7.99. The summed E-state index contributed by atoms with van der Waals surface area (Å²) in [5.41, 5.74) is 0.579. The van der Waals surface area contributed by atoms with Crippen molar-refractivity contribution in [2.24, 2.45) is 0 Å². The molecule has 3 heterocycles. The molecule has 2 atom stereocenters. The zero-order chi connectivity index (χ0) is 13.1. The molecule has 1 N–H and O–H groups in total. The normalized spacial score (nSPS) is 26.7. The number of hydrogen-bond donors (Lipinski definition) is 1. The predicted molar refractivity (Wildman–Crippen MR) is 74.3 cm³/mol. The first-order valence-corrected chi connectivity index (χ1v) is 8.00. The summed E-state index contributed by atoms with van der Waals surface area (Å²) in [5.74, 6) is 2.23. The van der Waals surface area contributed by atoms with Crippen molar-refractivity contribution in [3.05, 3.63) is 18.0 Å². The van der Waals surface area contributed by atoms with E-state index in [-0.39, 0.29) is 12.0 Å². The molecular formula is C13H19N3O2S. The van der Waals surface area contributed by atoms with E-state index >= 15 is 0 Å². The Bertz CT molecular complexity index is 412. The number of amides is 1. The molecular weight excluding hydrogens is 262 g/mol. The van der Waals surface area contributed by atoms with Crippen LogP contribution >= 0.6 is 11.8 Å². The maximum absolute atomic E-state index is 12.6. The molecule has 0 spiro atoms. The van der Waals surface area contributed by atoms with Crippen LogP contribution in [0, 0.1) is 0 Å². The number of thioether (sulfide) groups is 1. The van der Waals surface area contributed by atoms with Crippen LogP contribution in [0.25, 0.3) is 0 Å². The summed E-state index contributed by atoms with van der Waals surface area (Å²) in [6.07, 6.45) is 5.08. The van der Waals surface area contributed by atoms with E-state index < -0.39 is 0 Å². The van der Waals surface area contributed by atoms with Gasteiger partial charge in [-0.05, 0) is 31.1 Å². The number of nitrogens with one attached hydrogen (secondary N) is 1. The molecule has 3 rings (SSSR count). The van der Waals surface area contributed by atoms with Gasteiger partial charge in [-0.15, -0.1) is 0 Å². The lowest BCUT2D eigenvalue weighted by atomic mass is 10.1. The molecule has 2 aliphatic heterocycles. The summed E-state index contributed by atoms with van der Waals surface area (Å²) in [7, 11) is 0. The van der Waals surface area contributed by atoms with E-state index in [4.69, 9.17) is 4.74 Å². The Morgan fingerprint density at radius 1 is 1.58 bits per heavy atom. The van der Waals surface area contributed by atoms with Gasteiger partial charge in [0.1, 0.15) is 5.69 Å². The largest absolute Gasteiger partial charge is 0.376 e. The van der Waals surface area contributed by atoms with Crippen LogP contribution in [0.3, 0.4) is 0 Å². The molecule has 0 aromatic carbocycles. The summed E-state index contributed by atoms with van der Waals surface area (Å²) < 4.78 is 5.68. The fourth-order valence-corrected chi connectivity index (χ4v) is 3.93. The van der Waals surface area contributed by atoms with Crippen molar-refractivity contribution in [3.63, 3.8) is 0 Å². The highest BCUT2D eigenvalue weighted by Gasteiger charge is 2.31. The molecule has 1 aromatic heterocycles. The summed E-state index contributed by atoms with van der Waals surface area (Å²) in [5, 5.41) is 6.65. The first kappa shape index (κ1) is 13.0. The van der Waals surface area contributed by atoms with Crippen LogP contribution < -0.4 is 0 Å². The maximum Gasteiger partial charge on any atom is 0.272 e. The van der Waals surface area contributed by atoms with Gasteiger partial charge in [0.25, 0.3) is 5.91 Å². The third kappa shape index (κ3) is 2.95. The zero-order valence-corrected chi connectivity index (χ0v) is 11.7. The van der Waals surface area contributed by atoms with Crippen LogP contribution in [0.1, 0.15) is 29.8 Å². The topological polar surface area (TPSA) is 58.2 Å². The van der Waals surface area contributed by atoms with Crippen LogP contribution in [0.15, 0.2) is 12.3 Å². The Kier molecular flexibility index (Phi) is 4.08. The van der Waals surface area contributed by atoms with E-state index in [0.717, 1.165) is 37.4 Å². The maximum atomic E-state index is 12.6. The number of carbonyl (C=O) groups is 1. The number of hydrogen-bond acceptors (Lipinski definition) is 4. The van der Waals surface area contributed by atoms with Crippen LogP contribution in [-0.4, -0.2) is 57.8 Å². The highest BCUT2D eigenvalue weighted by Crippen LogP contribution is 2.25. The second-order valence-electron chi connectivity index (χ2n) is 5.08. The molecule has 19 heavy (non-hydrogen) atoms. The van der Waals surface area contributed by atoms with Crippen molar-refractivity contribution in [1.29, 1.82) is 0 Å². The van der Waals surface area contributed by atoms with E-state index in [9.17, 15) is 4.79 Å². The number of aromatic nitrogens is 2. The predicted octanol–water partition coefficient (Wildman–Crippen LogP) is 1.54. The lowest BCUT2D eigenvalue weighted by Gasteiger charge is -2.30. The minimum atomic E-state index is 0.0560. The standard InChI is InChI=1S/C13H19N3O2S/c17-13(12-3-5-14-15-12)16(10-4-7-19-9-10)8-11-2-1-6-18-11/h3,5,10-11H,1-2,4,6-9H2,(H,14,15)/t10-,11-/m0/s1. The molecule has 2 saturated heterocycles. The van der Waals surface area contributed by atoms with Gasteiger partial charge in [-0.1, -0.05) is 0 Å². The highest BCUT2D eigenvalue weighted by atomic mass is 32.2. The van der Waals surface area contributed by atoms with Crippen molar-refractivity contribution in [2.45, 2.75) is 31.4 Å². The Labute approximate surface area is 117 Å². The van der Waals surface area contributed by atoms with Gasteiger partial charge < -0.3 is 9.64 Å². The quantitative estimate of drug-likeness (QED) is 0.909. The molecule has 0 radical (unpaired) electrons. The number of nitrogens with zero attached hydrogens (tertiary/aromatic N) is 2. The van der Waals surface area contributed by atoms with Crippen LogP contribution in [-0.2, 0) is 4.74 Å². The van der Waals surface area contributed by atoms with E-state index in [1.54, 1.807) is 12.3 Å². The summed E-state index contributed by atoms with van der Waals surface area (Å²) in [6.45, 7) is 1.54. The lowest BCUT2D eigenvalue weighted by molar-refractivity contribution is 0.0437. The second kappa shape index (κ2) is 5.96. The van der Waals surface area contributed by atoms with Crippen molar-refractivity contribution in [3.8, 4) is 0 Å². The summed E-state index contributed by atoms with van der Waals surface area (Å²) >= 11 is 1.92. The fraction of sp³-hybridized carbons (Fsp3) is 0.692. The fourth-order valence-electron chi connectivity index (χ4n) is 2.70. The van der Waals surface area contributed by atoms with Crippen LogP contribution in [0.2, 0.25) is 0 Å². The average molecular weight is 281 g/mol. The second-order valence-corrected chi connectivity index (χ2v) is 6.23. The van der Waals surface area contributed by atoms with Gasteiger partial charge in [-0.2, -0.15) is 16.9 Å². The van der Waals surface area contributed by atoms with E-state index in [0.29, 0.717) is 18.3 Å². The van der Waals surface area contributed by atoms with Crippen molar-refractivity contribution >= 4 is 17.7 Å². The SMILES string of the molecule is O=C(c1ccn[nH]1)N(C[C@@H]1CCCO1)[C@H]1CCSC1. The third-order valence-corrected chi connectivity index (χ3v) is 4.91. The Balaban J connectivity index is 1.72. The Hall–Kier alpha value is -1.01. The minimum Gasteiger partial charge on any atom is -0.376 e. The van der Waals surface area contributed by atoms with E-state index in [2.05, 4.69) is 10.2 Å². The lowest BCUT2D eigenvalue weighted by Crippen LogP contribution is -2.44. The molecule has 104 valence electrons. The van der Waals surface area contributed by atoms with Gasteiger partial charge in [-0.25, -0.2) is 0 Å². The van der Waals surface area contributed by atoms with Gasteiger partial charge >= 0.3 is 0 Å². The van der Waals surface area contributed by atoms with Gasteiger partial charge in [-0.3, -0.25) is 9.89 Å².